The van der Waals surface area contributed by atoms with Crippen LogP contribution in [0.25, 0.3) is 0 Å². The third-order valence-electron chi connectivity index (χ3n) is 3.45. The van der Waals surface area contributed by atoms with Crippen molar-refractivity contribution in [2.24, 2.45) is 0 Å². The summed E-state index contributed by atoms with van der Waals surface area (Å²) < 4.78 is 8.79. The average molecular weight is 337 g/mol. The molecule has 2 aromatic heterocycles. The molecule has 1 fully saturated rings. The Balaban J connectivity index is 1.74. The monoisotopic (exact) mass is 336 g/mol. The summed E-state index contributed by atoms with van der Waals surface area (Å²) in [6.07, 6.45) is 5.85. The van der Waals surface area contributed by atoms with E-state index in [1.807, 2.05) is 29.2 Å². The molecule has 0 radical (unpaired) electrons. The van der Waals surface area contributed by atoms with Gasteiger partial charge in [0.15, 0.2) is 0 Å². The molecule has 1 saturated heterocycles. The maximum Gasteiger partial charge on any atom is 0.128 e. The molecule has 3 heterocycles. The molecule has 1 atom stereocenters. The third kappa shape index (κ3) is 2.86. The number of aryl methyl sites for hydroxylation is 1. The Morgan fingerprint density at radius 2 is 2.30 bits per heavy atom. The van der Waals surface area contributed by atoms with E-state index < -0.39 is 0 Å². The summed E-state index contributed by atoms with van der Waals surface area (Å²) in [5.41, 5.74) is 1.13. The van der Waals surface area contributed by atoms with Crippen LogP contribution in [-0.2, 0) is 11.3 Å². The molecule has 5 nitrogen and oxygen atoms in total. The number of halogens is 1. The molecule has 3 rings (SSSR count). The van der Waals surface area contributed by atoms with Crippen molar-refractivity contribution < 1.29 is 4.74 Å². The second kappa shape index (κ2) is 5.93. The van der Waals surface area contributed by atoms with Crippen LogP contribution in [0.4, 0.5) is 5.82 Å². The van der Waals surface area contributed by atoms with Gasteiger partial charge in [-0.3, -0.25) is 4.68 Å². The number of nitrogens with zero attached hydrogens (tertiary/aromatic N) is 4. The Morgan fingerprint density at radius 1 is 1.40 bits per heavy atom. The van der Waals surface area contributed by atoms with E-state index in [1.54, 1.807) is 0 Å². The molecular formula is C14H17BrN4O. The van der Waals surface area contributed by atoms with Crippen LogP contribution >= 0.6 is 15.9 Å². The van der Waals surface area contributed by atoms with Gasteiger partial charge in [-0.15, -0.1) is 0 Å². The topological polar surface area (TPSA) is 43.2 Å². The van der Waals surface area contributed by atoms with Crippen LogP contribution in [0.15, 0.2) is 35.2 Å². The fourth-order valence-corrected chi connectivity index (χ4v) is 2.57. The van der Waals surface area contributed by atoms with Gasteiger partial charge >= 0.3 is 0 Å². The zero-order chi connectivity index (χ0) is 13.9. The van der Waals surface area contributed by atoms with E-state index in [0.29, 0.717) is 6.61 Å². The maximum absolute atomic E-state index is 5.87. The number of anilines is 1. The molecule has 0 N–H and O–H groups in total. The molecule has 6 heteroatoms. The highest BCUT2D eigenvalue weighted by molar-refractivity contribution is 9.10. The number of hydrogen-bond donors (Lipinski definition) is 0. The van der Waals surface area contributed by atoms with Gasteiger partial charge in [-0.1, -0.05) is 0 Å². The Kier molecular flexibility index (Phi) is 4.03. The van der Waals surface area contributed by atoms with Crippen LogP contribution in [0.5, 0.6) is 0 Å². The minimum atomic E-state index is 0.0643. The minimum Gasteiger partial charge on any atom is -0.370 e. The zero-order valence-electron chi connectivity index (χ0n) is 11.4. The lowest BCUT2D eigenvalue weighted by atomic mass is 10.1. The van der Waals surface area contributed by atoms with Gasteiger partial charge in [-0.25, -0.2) is 4.98 Å². The Morgan fingerprint density at radius 3 is 3.00 bits per heavy atom. The predicted octanol–water partition coefficient (Wildman–Crippen LogP) is 2.64. The van der Waals surface area contributed by atoms with Crippen LogP contribution in [0.1, 0.15) is 18.6 Å². The molecule has 0 amide bonds. The first kappa shape index (κ1) is 13.6. The van der Waals surface area contributed by atoms with Crippen LogP contribution in [-0.4, -0.2) is 34.5 Å². The van der Waals surface area contributed by atoms with Gasteiger partial charge in [-0.2, -0.15) is 5.10 Å². The highest BCUT2D eigenvalue weighted by atomic mass is 79.9. The summed E-state index contributed by atoms with van der Waals surface area (Å²) >= 11 is 3.41. The Hall–Kier alpha value is -1.40. The van der Waals surface area contributed by atoms with Crippen molar-refractivity contribution in [3.63, 3.8) is 0 Å². The van der Waals surface area contributed by atoms with Crippen LogP contribution < -0.4 is 4.90 Å². The van der Waals surface area contributed by atoms with Crippen molar-refractivity contribution in [1.29, 1.82) is 0 Å². The van der Waals surface area contributed by atoms with Gasteiger partial charge in [0, 0.05) is 42.1 Å². The highest BCUT2D eigenvalue weighted by Gasteiger charge is 2.23. The summed E-state index contributed by atoms with van der Waals surface area (Å²) in [5, 5.41) is 4.32. The van der Waals surface area contributed by atoms with Crippen molar-refractivity contribution in [1.82, 2.24) is 14.8 Å². The van der Waals surface area contributed by atoms with E-state index in [2.05, 4.69) is 44.0 Å². The largest absolute Gasteiger partial charge is 0.370 e. The summed E-state index contributed by atoms with van der Waals surface area (Å²) in [5.74, 6) is 0.990. The standard InChI is InChI=1S/C14H17BrN4O/c1-2-19-9-11(7-17-19)13-10-18(5-6-20-13)14-4-3-12(15)8-16-14/h3-4,7-9,13H,2,5-6,10H2,1H3/t13-/m0/s1. The molecule has 106 valence electrons. The van der Waals surface area contributed by atoms with Crippen molar-refractivity contribution in [3.8, 4) is 0 Å². The molecule has 0 unspecified atom stereocenters. The zero-order valence-corrected chi connectivity index (χ0v) is 13.0. The normalized spacial score (nSPS) is 19.3. The molecule has 20 heavy (non-hydrogen) atoms. The first-order valence-electron chi connectivity index (χ1n) is 6.76. The van der Waals surface area contributed by atoms with Gasteiger partial charge in [0.25, 0.3) is 0 Å². The highest BCUT2D eigenvalue weighted by Crippen LogP contribution is 2.25. The average Bonchev–Trinajstić information content (AvgIpc) is 2.97. The smallest absolute Gasteiger partial charge is 0.128 e. The first-order chi connectivity index (χ1) is 9.76. The quantitative estimate of drug-likeness (QED) is 0.864. The molecule has 0 spiro atoms. The van der Waals surface area contributed by atoms with Gasteiger partial charge < -0.3 is 9.64 Å². The number of hydrogen-bond acceptors (Lipinski definition) is 4. The molecular weight excluding hydrogens is 320 g/mol. The van der Waals surface area contributed by atoms with Crippen molar-refractivity contribution in [2.45, 2.75) is 19.6 Å². The van der Waals surface area contributed by atoms with Crippen molar-refractivity contribution in [2.75, 3.05) is 24.6 Å². The number of morpholine rings is 1. The summed E-state index contributed by atoms with van der Waals surface area (Å²) in [7, 11) is 0. The summed E-state index contributed by atoms with van der Waals surface area (Å²) in [4.78, 5) is 6.71. The fourth-order valence-electron chi connectivity index (χ4n) is 2.33. The molecule has 0 aliphatic carbocycles. The van der Waals surface area contributed by atoms with E-state index in [1.165, 1.54) is 0 Å². The SMILES string of the molecule is CCn1cc([C@@H]2CN(c3ccc(Br)cn3)CCO2)cn1. The lowest BCUT2D eigenvalue weighted by Crippen LogP contribution is -2.38. The number of pyridine rings is 1. The summed E-state index contributed by atoms with van der Waals surface area (Å²) in [6.45, 7) is 5.35. The Labute approximate surface area is 126 Å². The van der Waals surface area contributed by atoms with Crippen molar-refractivity contribution in [3.05, 3.63) is 40.8 Å². The lowest BCUT2D eigenvalue weighted by Gasteiger charge is -2.33. The lowest BCUT2D eigenvalue weighted by molar-refractivity contribution is 0.0395. The molecule has 1 aliphatic rings. The van der Waals surface area contributed by atoms with Gasteiger partial charge in [0.2, 0.25) is 0 Å². The maximum atomic E-state index is 5.87. The first-order valence-corrected chi connectivity index (χ1v) is 7.56. The molecule has 1 aliphatic heterocycles. The van der Waals surface area contributed by atoms with Crippen LogP contribution in [0.2, 0.25) is 0 Å². The van der Waals surface area contributed by atoms with E-state index in [4.69, 9.17) is 4.74 Å². The predicted molar refractivity (Wildman–Crippen MR) is 80.7 cm³/mol. The van der Waals surface area contributed by atoms with Crippen LogP contribution in [0, 0.1) is 0 Å². The van der Waals surface area contributed by atoms with Crippen LogP contribution in [0.3, 0.4) is 0 Å². The molecule has 2 aromatic rings. The fraction of sp³-hybridized carbons (Fsp3) is 0.429. The van der Waals surface area contributed by atoms with Gasteiger partial charge in [0.1, 0.15) is 11.9 Å². The number of ether oxygens (including phenoxy) is 1. The van der Waals surface area contributed by atoms with Gasteiger partial charge in [-0.05, 0) is 35.0 Å². The molecule has 0 saturated carbocycles. The minimum absolute atomic E-state index is 0.0643. The van der Waals surface area contributed by atoms with E-state index in [-0.39, 0.29) is 6.10 Å². The number of aromatic nitrogens is 3. The molecule has 0 aromatic carbocycles. The van der Waals surface area contributed by atoms with E-state index in [0.717, 1.165) is 35.5 Å². The second-order valence-corrected chi connectivity index (χ2v) is 5.69. The second-order valence-electron chi connectivity index (χ2n) is 4.77. The number of rotatable bonds is 3. The molecule has 0 bridgehead atoms. The van der Waals surface area contributed by atoms with E-state index in [9.17, 15) is 0 Å². The van der Waals surface area contributed by atoms with E-state index >= 15 is 0 Å². The summed E-state index contributed by atoms with van der Waals surface area (Å²) in [6, 6.07) is 4.05. The Bertz CT molecular complexity index is 569. The van der Waals surface area contributed by atoms with Crippen molar-refractivity contribution >= 4 is 21.7 Å². The van der Waals surface area contributed by atoms with Gasteiger partial charge in [0.05, 0.1) is 12.8 Å². The third-order valence-corrected chi connectivity index (χ3v) is 3.92.